The van der Waals surface area contributed by atoms with E-state index in [1.807, 2.05) is 38.1 Å². The first-order chi connectivity index (χ1) is 8.72. The Morgan fingerprint density at radius 3 is 2.61 bits per heavy atom. The molecule has 1 atom stereocenters. The van der Waals surface area contributed by atoms with Crippen LogP contribution in [0.2, 0.25) is 0 Å². The topological polar surface area (TPSA) is 50.7 Å². The molecule has 5 heteroatoms. The molecule has 0 saturated carbocycles. The molecule has 1 aliphatic rings. The first kappa shape index (κ1) is 13.0. The van der Waals surface area contributed by atoms with E-state index in [1.54, 1.807) is 0 Å². The molecule has 1 aliphatic heterocycles. The molecule has 18 heavy (non-hydrogen) atoms. The zero-order chi connectivity index (χ0) is 13.0. The highest BCUT2D eigenvalue weighted by atomic mass is 32.2. The predicted octanol–water partition coefficient (Wildman–Crippen LogP) is 2.71. The monoisotopic (exact) mass is 264 g/mol. The Bertz CT molecular complexity index is 457. The number of thioether (sulfide) groups is 1. The summed E-state index contributed by atoms with van der Waals surface area (Å²) in [5.74, 6) is 0.878. The smallest absolute Gasteiger partial charge is 0.239 e. The number of hydrogen-bond acceptors (Lipinski definition) is 4. The molecule has 1 unspecified atom stereocenters. The number of carbonyl (C=O) groups excluding carboxylic acids is 1. The number of aliphatic imine (C=N–C) groups is 1. The van der Waals surface area contributed by atoms with E-state index in [1.165, 1.54) is 11.8 Å². The van der Waals surface area contributed by atoms with Crippen LogP contribution in [0.4, 0.5) is 5.69 Å². The second-order valence-electron chi connectivity index (χ2n) is 3.85. The Balaban J connectivity index is 2.07. The first-order valence-corrected chi connectivity index (χ1v) is 6.90. The fourth-order valence-corrected chi connectivity index (χ4v) is 2.55. The number of benzene rings is 1. The number of nitrogens with zero attached hydrogens (tertiary/aromatic N) is 1. The van der Waals surface area contributed by atoms with Crippen molar-refractivity contribution in [3.63, 3.8) is 0 Å². The zero-order valence-corrected chi connectivity index (χ0v) is 11.3. The third-order valence-corrected chi connectivity index (χ3v) is 3.77. The maximum atomic E-state index is 11.5. The Kier molecular flexibility index (Phi) is 4.25. The molecular weight excluding hydrogens is 248 g/mol. The quantitative estimate of drug-likeness (QED) is 0.909. The lowest BCUT2D eigenvalue weighted by Gasteiger charge is -2.02. The fraction of sp³-hybridized carbons (Fsp3) is 0.385. The van der Waals surface area contributed by atoms with Gasteiger partial charge in [0.25, 0.3) is 0 Å². The van der Waals surface area contributed by atoms with E-state index in [4.69, 9.17) is 4.74 Å². The largest absolute Gasteiger partial charge is 0.494 e. The highest BCUT2D eigenvalue weighted by Gasteiger charge is 2.28. The van der Waals surface area contributed by atoms with Crippen molar-refractivity contribution in [2.45, 2.75) is 25.5 Å². The van der Waals surface area contributed by atoms with E-state index >= 15 is 0 Å². The molecule has 1 saturated heterocycles. The number of rotatable bonds is 4. The average molecular weight is 264 g/mol. The third kappa shape index (κ3) is 3.04. The maximum absolute atomic E-state index is 11.5. The minimum atomic E-state index is -0.00792. The molecule has 1 aromatic rings. The summed E-state index contributed by atoms with van der Waals surface area (Å²) in [5.41, 5.74) is 0.818. The maximum Gasteiger partial charge on any atom is 0.239 e. The summed E-state index contributed by atoms with van der Waals surface area (Å²) in [7, 11) is 0. The van der Waals surface area contributed by atoms with Gasteiger partial charge in [-0.2, -0.15) is 0 Å². The Hall–Kier alpha value is -1.49. The van der Waals surface area contributed by atoms with Gasteiger partial charge in [0.15, 0.2) is 5.17 Å². The molecule has 1 amide bonds. The van der Waals surface area contributed by atoms with Gasteiger partial charge < -0.3 is 10.1 Å². The van der Waals surface area contributed by atoms with Gasteiger partial charge in [0.05, 0.1) is 17.5 Å². The molecule has 1 fully saturated rings. The van der Waals surface area contributed by atoms with Crippen LogP contribution >= 0.6 is 11.8 Å². The molecule has 4 nitrogen and oxygen atoms in total. The second kappa shape index (κ2) is 5.91. The summed E-state index contributed by atoms with van der Waals surface area (Å²) < 4.78 is 5.36. The number of hydrogen-bond donors (Lipinski definition) is 1. The van der Waals surface area contributed by atoms with Gasteiger partial charge in [0.1, 0.15) is 5.75 Å². The van der Waals surface area contributed by atoms with Gasteiger partial charge in [-0.1, -0.05) is 18.7 Å². The number of ether oxygens (including phenoxy) is 1. The average Bonchev–Trinajstić information content (AvgIpc) is 2.72. The van der Waals surface area contributed by atoms with Gasteiger partial charge in [-0.15, -0.1) is 0 Å². The standard InChI is InChI=1S/C13H16N2O2S/c1-3-11-12(16)15-13(18-11)14-9-5-7-10(8-6-9)17-4-2/h5-8,11H,3-4H2,1-2H3,(H,14,15,16). The lowest BCUT2D eigenvalue weighted by molar-refractivity contribution is -0.118. The third-order valence-electron chi connectivity index (χ3n) is 2.53. The summed E-state index contributed by atoms with van der Waals surface area (Å²) in [5, 5.41) is 3.45. The molecule has 0 aliphatic carbocycles. The van der Waals surface area contributed by atoms with Crippen molar-refractivity contribution >= 4 is 28.5 Å². The predicted molar refractivity (Wildman–Crippen MR) is 74.5 cm³/mol. The number of carbonyl (C=O) groups is 1. The first-order valence-electron chi connectivity index (χ1n) is 6.02. The summed E-state index contributed by atoms with van der Waals surface area (Å²) >= 11 is 1.49. The molecule has 1 heterocycles. The summed E-state index contributed by atoms with van der Waals surface area (Å²) in [4.78, 5) is 15.9. The van der Waals surface area contributed by atoms with Crippen molar-refractivity contribution in [1.29, 1.82) is 0 Å². The van der Waals surface area contributed by atoms with Crippen molar-refractivity contribution in [3.8, 4) is 5.75 Å². The van der Waals surface area contributed by atoms with Crippen LogP contribution in [0.3, 0.4) is 0 Å². The molecule has 1 N–H and O–H groups in total. The molecule has 0 bridgehead atoms. The summed E-state index contributed by atoms with van der Waals surface area (Å²) in [6.07, 6.45) is 0.818. The van der Waals surface area contributed by atoms with Crippen molar-refractivity contribution in [1.82, 2.24) is 5.32 Å². The normalized spacial score (nSPS) is 21.1. The highest BCUT2D eigenvalue weighted by Crippen LogP contribution is 2.25. The second-order valence-corrected chi connectivity index (χ2v) is 5.04. The number of amidine groups is 1. The van der Waals surface area contributed by atoms with E-state index in [2.05, 4.69) is 10.3 Å². The zero-order valence-electron chi connectivity index (χ0n) is 10.5. The van der Waals surface area contributed by atoms with Crippen LogP contribution in [0, 0.1) is 0 Å². The lowest BCUT2D eigenvalue weighted by atomic mass is 10.3. The molecule has 0 spiro atoms. The SMILES string of the molecule is CCOc1ccc(N=C2NC(=O)C(CC)S2)cc1. The summed E-state index contributed by atoms with van der Waals surface area (Å²) in [6.45, 7) is 4.60. The number of amides is 1. The van der Waals surface area contributed by atoms with Crippen LogP contribution in [0.1, 0.15) is 20.3 Å². The van der Waals surface area contributed by atoms with Crippen molar-refractivity contribution in [2.24, 2.45) is 4.99 Å². The van der Waals surface area contributed by atoms with Crippen molar-refractivity contribution < 1.29 is 9.53 Å². The van der Waals surface area contributed by atoms with E-state index in [0.717, 1.165) is 17.9 Å². The Morgan fingerprint density at radius 2 is 2.06 bits per heavy atom. The Morgan fingerprint density at radius 1 is 1.33 bits per heavy atom. The minimum absolute atomic E-state index is 0.00792. The van der Waals surface area contributed by atoms with E-state index in [0.29, 0.717) is 11.8 Å². The Labute approximate surface area is 111 Å². The molecule has 96 valence electrons. The van der Waals surface area contributed by atoms with Crippen LogP contribution in [-0.4, -0.2) is 22.9 Å². The minimum Gasteiger partial charge on any atom is -0.494 e. The molecule has 0 aromatic heterocycles. The van der Waals surface area contributed by atoms with Crippen molar-refractivity contribution in [3.05, 3.63) is 24.3 Å². The summed E-state index contributed by atoms with van der Waals surface area (Å²) in [6, 6.07) is 7.51. The van der Waals surface area contributed by atoms with Crippen LogP contribution < -0.4 is 10.1 Å². The molecule has 2 rings (SSSR count). The van der Waals surface area contributed by atoms with Crippen LogP contribution in [0.15, 0.2) is 29.3 Å². The van der Waals surface area contributed by atoms with E-state index in [-0.39, 0.29) is 11.2 Å². The van der Waals surface area contributed by atoms with Crippen LogP contribution in [0.25, 0.3) is 0 Å². The van der Waals surface area contributed by atoms with Gasteiger partial charge in [-0.3, -0.25) is 4.79 Å². The van der Waals surface area contributed by atoms with Crippen LogP contribution in [0.5, 0.6) is 5.75 Å². The van der Waals surface area contributed by atoms with E-state index in [9.17, 15) is 4.79 Å². The molecule has 0 radical (unpaired) electrons. The van der Waals surface area contributed by atoms with Gasteiger partial charge >= 0.3 is 0 Å². The van der Waals surface area contributed by atoms with Gasteiger partial charge in [-0.05, 0) is 37.6 Å². The number of nitrogens with one attached hydrogen (secondary N) is 1. The highest BCUT2D eigenvalue weighted by molar-refractivity contribution is 8.15. The van der Waals surface area contributed by atoms with Crippen molar-refractivity contribution in [2.75, 3.05) is 6.61 Å². The fourth-order valence-electron chi connectivity index (χ4n) is 1.63. The van der Waals surface area contributed by atoms with Gasteiger partial charge in [0.2, 0.25) is 5.91 Å². The molecule has 1 aromatic carbocycles. The van der Waals surface area contributed by atoms with Gasteiger partial charge in [-0.25, -0.2) is 4.99 Å². The van der Waals surface area contributed by atoms with E-state index < -0.39 is 0 Å². The molecular formula is C13H16N2O2S. The lowest BCUT2D eigenvalue weighted by Crippen LogP contribution is -2.24. The van der Waals surface area contributed by atoms with Crippen LogP contribution in [-0.2, 0) is 4.79 Å². The van der Waals surface area contributed by atoms with Gasteiger partial charge in [0, 0.05) is 0 Å².